The first kappa shape index (κ1) is 13.1. The Labute approximate surface area is 114 Å². The fourth-order valence-electron chi connectivity index (χ4n) is 1.87. The van der Waals surface area contributed by atoms with Crippen molar-refractivity contribution in [2.45, 2.75) is 26.3 Å². The van der Waals surface area contributed by atoms with Crippen molar-refractivity contribution in [2.75, 3.05) is 7.11 Å². The molecule has 0 aliphatic carbocycles. The summed E-state index contributed by atoms with van der Waals surface area (Å²) >= 11 is 3.41. The minimum atomic E-state index is -0.351. The summed E-state index contributed by atoms with van der Waals surface area (Å²) in [6.45, 7) is 4.10. The van der Waals surface area contributed by atoms with Crippen LogP contribution in [0.2, 0.25) is 0 Å². The molecule has 1 atom stereocenters. The van der Waals surface area contributed by atoms with Crippen molar-refractivity contribution in [2.24, 2.45) is 0 Å². The van der Waals surface area contributed by atoms with Crippen LogP contribution in [-0.4, -0.2) is 22.9 Å². The molecule has 0 aliphatic heterocycles. The van der Waals surface area contributed by atoms with Crippen molar-refractivity contribution < 1.29 is 9.53 Å². The summed E-state index contributed by atoms with van der Waals surface area (Å²) in [7, 11) is 1.39. The zero-order valence-electron chi connectivity index (χ0n) is 10.6. The van der Waals surface area contributed by atoms with Gasteiger partial charge in [0, 0.05) is 15.9 Å². The molecule has 96 valence electrons. The second kappa shape index (κ2) is 5.10. The molecule has 2 rings (SSSR count). The van der Waals surface area contributed by atoms with Gasteiger partial charge in [0.15, 0.2) is 5.69 Å². The topological polar surface area (TPSA) is 44.1 Å². The lowest BCUT2D eigenvalue weighted by molar-refractivity contribution is 0.0586. The number of aromatic nitrogens is 2. The van der Waals surface area contributed by atoms with Crippen molar-refractivity contribution in [3.8, 4) is 0 Å². The van der Waals surface area contributed by atoms with Gasteiger partial charge in [-0.15, -0.1) is 0 Å². The molecule has 5 heteroatoms. The summed E-state index contributed by atoms with van der Waals surface area (Å²) in [5.74, 6) is -0.351. The first-order valence-corrected chi connectivity index (χ1v) is 6.63. The molecule has 1 aromatic carbocycles. The van der Waals surface area contributed by atoms with Gasteiger partial charge in [-0.3, -0.25) is 4.68 Å². The molecule has 18 heavy (non-hydrogen) atoms. The number of hydrogen-bond acceptors (Lipinski definition) is 3. The zero-order chi connectivity index (χ0) is 13.3. The Morgan fingerprint density at radius 1 is 1.56 bits per heavy atom. The minimum Gasteiger partial charge on any atom is -0.464 e. The zero-order valence-corrected chi connectivity index (χ0v) is 12.2. The maximum Gasteiger partial charge on any atom is 0.356 e. The molecule has 0 N–H and O–H groups in total. The summed E-state index contributed by atoms with van der Waals surface area (Å²) in [4.78, 5) is 11.9. The van der Waals surface area contributed by atoms with Crippen LogP contribution in [0, 0.1) is 0 Å². The maximum atomic E-state index is 11.9. The van der Waals surface area contributed by atoms with E-state index in [1.165, 1.54) is 7.11 Å². The summed E-state index contributed by atoms with van der Waals surface area (Å²) in [6, 6.07) is 5.86. The van der Waals surface area contributed by atoms with Crippen LogP contribution < -0.4 is 0 Å². The molecule has 0 saturated heterocycles. The summed E-state index contributed by atoms with van der Waals surface area (Å²) in [5, 5.41) is 5.30. The van der Waals surface area contributed by atoms with Crippen LogP contribution in [0.25, 0.3) is 10.9 Å². The Morgan fingerprint density at radius 2 is 2.28 bits per heavy atom. The SMILES string of the molecule is CC[C@@H](C)n1nc2ccc(Br)cc2c1C(=O)OC. The second-order valence-electron chi connectivity index (χ2n) is 4.20. The average molecular weight is 311 g/mol. The molecule has 0 bridgehead atoms. The van der Waals surface area contributed by atoms with Gasteiger partial charge in [-0.25, -0.2) is 4.79 Å². The number of carbonyl (C=O) groups excluding carboxylic acids is 1. The van der Waals surface area contributed by atoms with Gasteiger partial charge in [0.2, 0.25) is 0 Å². The number of halogens is 1. The standard InChI is InChI=1S/C13H15BrN2O2/c1-4-8(2)16-12(13(17)18-3)10-7-9(14)5-6-11(10)15-16/h5-8H,4H2,1-3H3/t8-/m1/s1. The average Bonchev–Trinajstić information content (AvgIpc) is 2.75. The number of rotatable bonds is 3. The van der Waals surface area contributed by atoms with Gasteiger partial charge in [-0.2, -0.15) is 5.10 Å². The molecule has 0 saturated carbocycles. The number of esters is 1. The number of carbonyl (C=O) groups is 1. The van der Waals surface area contributed by atoms with Crippen molar-refractivity contribution in [1.29, 1.82) is 0 Å². The highest BCUT2D eigenvalue weighted by Crippen LogP contribution is 2.26. The second-order valence-corrected chi connectivity index (χ2v) is 5.12. The highest BCUT2D eigenvalue weighted by atomic mass is 79.9. The van der Waals surface area contributed by atoms with E-state index in [2.05, 4.69) is 28.0 Å². The molecular formula is C13H15BrN2O2. The van der Waals surface area contributed by atoms with Crippen molar-refractivity contribution in [3.05, 3.63) is 28.4 Å². The highest BCUT2D eigenvalue weighted by molar-refractivity contribution is 9.10. The van der Waals surface area contributed by atoms with Gasteiger partial charge in [-0.1, -0.05) is 22.9 Å². The molecule has 0 unspecified atom stereocenters. The Kier molecular flexibility index (Phi) is 3.71. The van der Waals surface area contributed by atoms with Crippen LogP contribution in [0.5, 0.6) is 0 Å². The van der Waals surface area contributed by atoms with Gasteiger partial charge in [0.1, 0.15) is 0 Å². The van der Waals surface area contributed by atoms with Crippen molar-refractivity contribution in [3.63, 3.8) is 0 Å². The number of nitrogens with zero attached hydrogens (tertiary/aromatic N) is 2. The van der Waals surface area contributed by atoms with Crippen LogP contribution >= 0.6 is 15.9 Å². The number of benzene rings is 1. The number of hydrogen-bond donors (Lipinski definition) is 0. The third kappa shape index (κ3) is 2.14. The van der Waals surface area contributed by atoms with E-state index in [4.69, 9.17) is 4.74 Å². The van der Waals surface area contributed by atoms with Crippen LogP contribution in [0.4, 0.5) is 0 Å². The van der Waals surface area contributed by atoms with Crippen LogP contribution in [-0.2, 0) is 4.74 Å². The lowest BCUT2D eigenvalue weighted by Crippen LogP contribution is -2.15. The van der Waals surface area contributed by atoms with E-state index in [0.29, 0.717) is 5.69 Å². The van der Waals surface area contributed by atoms with Gasteiger partial charge in [0.05, 0.1) is 12.6 Å². The quantitative estimate of drug-likeness (QED) is 0.814. The predicted octanol–water partition coefficient (Wildman–Crippen LogP) is 3.56. The highest BCUT2D eigenvalue weighted by Gasteiger charge is 2.21. The monoisotopic (exact) mass is 310 g/mol. The van der Waals surface area contributed by atoms with E-state index < -0.39 is 0 Å². The maximum absolute atomic E-state index is 11.9. The van der Waals surface area contributed by atoms with E-state index in [0.717, 1.165) is 21.8 Å². The van der Waals surface area contributed by atoms with Gasteiger partial charge in [0.25, 0.3) is 0 Å². The summed E-state index contributed by atoms with van der Waals surface area (Å²) in [5.41, 5.74) is 1.32. The van der Waals surface area contributed by atoms with Crippen LogP contribution in [0.1, 0.15) is 36.8 Å². The first-order valence-electron chi connectivity index (χ1n) is 5.84. The molecule has 0 spiro atoms. The molecule has 0 amide bonds. The predicted molar refractivity (Wildman–Crippen MR) is 73.8 cm³/mol. The third-order valence-electron chi connectivity index (χ3n) is 3.05. The number of ether oxygens (including phenoxy) is 1. The normalized spacial score (nSPS) is 12.7. The molecule has 1 heterocycles. The third-order valence-corrected chi connectivity index (χ3v) is 3.54. The van der Waals surface area contributed by atoms with Crippen molar-refractivity contribution in [1.82, 2.24) is 9.78 Å². The molecule has 0 aliphatic rings. The summed E-state index contributed by atoms with van der Waals surface area (Å²) < 4.78 is 7.54. The van der Waals surface area contributed by atoms with E-state index in [-0.39, 0.29) is 12.0 Å². The Bertz CT molecular complexity index is 592. The minimum absolute atomic E-state index is 0.158. The largest absolute Gasteiger partial charge is 0.464 e. The fourth-order valence-corrected chi connectivity index (χ4v) is 2.23. The molecule has 0 fully saturated rings. The molecule has 0 radical (unpaired) electrons. The van der Waals surface area contributed by atoms with E-state index in [1.807, 2.05) is 25.1 Å². The van der Waals surface area contributed by atoms with Gasteiger partial charge in [-0.05, 0) is 31.5 Å². The molecule has 2 aromatic rings. The summed E-state index contributed by atoms with van der Waals surface area (Å²) in [6.07, 6.45) is 0.902. The van der Waals surface area contributed by atoms with E-state index in [9.17, 15) is 4.79 Å². The molecule has 4 nitrogen and oxygen atoms in total. The molecular weight excluding hydrogens is 296 g/mol. The van der Waals surface area contributed by atoms with E-state index in [1.54, 1.807) is 4.68 Å². The number of methoxy groups -OCH3 is 1. The smallest absolute Gasteiger partial charge is 0.356 e. The Hall–Kier alpha value is -1.36. The first-order chi connectivity index (χ1) is 8.58. The van der Waals surface area contributed by atoms with Crippen LogP contribution in [0.15, 0.2) is 22.7 Å². The van der Waals surface area contributed by atoms with Crippen molar-refractivity contribution >= 4 is 32.8 Å². The van der Waals surface area contributed by atoms with Gasteiger partial charge < -0.3 is 4.74 Å². The Morgan fingerprint density at radius 3 is 2.89 bits per heavy atom. The van der Waals surface area contributed by atoms with Gasteiger partial charge >= 0.3 is 5.97 Å². The lowest BCUT2D eigenvalue weighted by atomic mass is 10.2. The van der Waals surface area contributed by atoms with E-state index >= 15 is 0 Å². The lowest BCUT2D eigenvalue weighted by Gasteiger charge is -2.12. The fraction of sp³-hybridized carbons (Fsp3) is 0.385. The number of fused-ring (bicyclic) bond motifs is 1. The molecule has 1 aromatic heterocycles. The van der Waals surface area contributed by atoms with Crippen LogP contribution in [0.3, 0.4) is 0 Å². The Balaban J connectivity index is 2.73.